The van der Waals surface area contributed by atoms with Gasteiger partial charge in [0.15, 0.2) is 5.82 Å². The lowest BCUT2D eigenvalue weighted by molar-refractivity contribution is 0.0595. The Morgan fingerprint density at radius 3 is 2.78 bits per heavy atom. The molecule has 1 saturated heterocycles. The van der Waals surface area contributed by atoms with E-state index in [9.17, 15) is 13.6 Å². The van der Waals surface area contributed by atoms with Gasteiger partial charge in [0.2, 0.25) is 0 Å². The van der Waals surface area contributed by atoms with Gasteiger partial charge < -0.3 is 14.4 Å². The van der Waals surface area contributed by atoms with Crippen molar-refractivity contribution in [3.8, 4) is 10.9 Å². The highest BCUT2D eigenvalue weighted by molar-refractivity contribution is 7.20. The minimum atomic E-state index is -0.692. The molecule has 5 nitrogen and oxygen atoms in total. The number of halogens is 2. The summed E-state index contributed by atoms with van der Waals surface area (Å²) in [5.74, 6) is -0.639. The Labute approximate surface area is 190 Å². The molecule has 0 radical (unpaired) electrons. The van der Waals surface area contributed by atoms with Crippen LogP contribution in [0.1, 0.15) is 49.4 Å². The number of amides is 1. The summed E-state index contributed by atoms with van der Waals surface area (Å²) in [6.45, 7) is 3.90. The van der Waals surface area contributed by atoms with E-state index in [1.54, 1.807) is 12.1 Å². The van der Waals surface area contributed by atoms with Gasteiger partial charge in [-0.3, -0.25) is 4.79 Å². The van der Waals surface area contributed by atoms with Crippen molar-refractivity contribution in [1.29, 1.82) is 0 Å². The first kappa shape index (κ1) is 22.5. The number of hydrogen-bond acceptors (Lipinski definition) is 5. The van der Waals surface area contributed by atoms with Crippen LogP contribution < -0.4 is 9.47 Å². The third-order valence-electron chi connectivity index (χ3n) is 5.49. The number of fused-ring (bicyclic) bond motifs is 1. The van der Waals surface area contributed by atoms with Crippen LogP contribution in [0.4, 0.5) is 8.78 Å². The van der Waals surface area contributed by atoms with Crippen LogP contribution in [0.5, 0.6) is 10.9 Å². The Morgan fingerprint density at radius 2 is 2.00 bits per heavy atom. The number of likely N-dealkylation sites (tertiary alicyclic amines) is 1. The van der Waals surface area contributed by atoms with Crippen LogP contribution in [0, 0.1) is 11.6 Å². The summed E-state index contributed by atoms with van der Waals surface area (Å²) in [4.78, 5) is 18.9. The second-order valence-electron chi connectivity index (χ2n) is 7.91. The van der Waals surface area contributed by atoms with E-state index < -0.39 is 11.6 Å². The van der Waals surface area contributed by atoms with Crippen molar-refractivity contribution in [2.45, 2.75) is 45.1 Å². The third-order valence-corrected chi connectivity index (χ3v) is 6.38. The molecule has 0 saturated carbocycles. The number of thiazole rings is 1. The van der Waals surface area contributed by atoms with Crippen LogP contribution in [-0.2, 0) is 0 Å². The highest BCUT2D eigenvalue weighted by atomic mass is 32.1. The van der Waals surface area contributed by atoms with E-state index in [0.717, 1.165) is 36.7 Å². The number of piperidine rings is 1. The van der Waals surface area contributed by atoms with E-state index in [1.807, 2.05) is 17.0 Å². The molecular weight excluding hydrogens is 434 g/mol. The van der Waals surface area contributed by atoms with E-state index in [4.69, 9.17) is 9.47 Å². The minimum absolute atomic E-state index is 0.0278. The lowest BCUT2D eigenvalue weighted by Gasteiger charge is -2.31. The lowest BCUT2D eigenvalue weighted by Crippen LogP contribution is -2.41. The highest BCUT2D eigenvalue weighted by Crippen LogP contribution is 2.32. The molecule has 1 fully saturated rings. The fourth-order valence-corrected chi connectivity index (χ4v) is 4.67. The van der Waals surface area contributed by atoms with Crippen molar-refractivity contribution in [3.63, 3.8) is 0 Å². The summed E-state index contributed by atoms with van der Waals surface area (Å²) in [5, 5.41) is 0.321. The second-order valence-corrected chi connectivity index (χ2v) is 8.90. The van der Waals surface area contributed by atoms with E-state index in [2.05, 4.69) is 11.9 Å². The second kappa shape index (κ2) is 10.3. The van der Waals surface area contributed by atoms with Gasteiger partial charge in [-0.25, -0.2) is 8.78 Å². The molecule has 32 heavy (non-hydrogen) atoms. The zero-order valence-electron chi connectivity index (χ0n) is 18.0. The number of carbonyl (C=O) groups excluding carboxylic acids is 1. The number of benzene rings is 2. The van der Waals surface area contributed by atoms with Crippen molar-refractivity contribution >= 4 is 27.5 Å². The number of rotatable bonds is 8. The number of nitrogens with zero attached hydrogens (tertiary/aromatic N) is 2. The summed E-state index contributed by atoms with van der Waals surface area (Å²) in [7, 11) is 0. The first-order chi connectivity index (χ1) is 15.5. The number of unbranched alkanes of at least 4 members (excludes halogenated alkanes) is 2. The average Bonchev–Trinajstić information content (AvgIpc) is 3.19. The van der Waals surface area contributed by atoms with E-state index in [-0.39, 0.29) is 17.5 Å². The molecule has 2 aromatic carbocycles. The predicted molar refractivity (Wildman–Crippen MR) is 121 cm³/mol. The van der Waals surface area contributed by atoms with Crippen LogP contribution >= 0.6 is 11.3 Å². The molecule has 8 heteroatoms. The van der Waals surface area contributed by atoms with E-state index >= 15 is 0 Å². The van der Waals surface area contributed by atoms with Crippen molar-refractivity contribution in [2.75, 3.05) is 19.7 Å². The Hall–Kier alpha value is -2.74. The molecule has 1 aromatic heterocycles. The molecular formula is C24H26F2N2O3S. The molecule has 0 atom stereocenters. The Kier molecular flexibility index (Phi) is 7.19. The normalized spacial score (nSPS) is 14.7. The van der Waals surface area contributed by atoms with Gasteiger partial charge in [-0.2, -0.15) is 4.98 Å². The summed E-state index contributed by atoms with van der Waals surface area (Å²) < 4.78 is 39.4. The standard InChI is InChI=1S/C24H26F2N2O3S/c1-2-3-4-12-30-19-7-5-6-16(13-19)23(29)28-10-8-18(9-11-28)31-24-27-22-20(26)14-17(25)15-21(22)32-24/h5-7,13-15,18H,2-4,8-12H2,1H3. The number of ether oxygens (including phenoxy) is 2. The van der Waals surface area contributed by atoms with Crippen molar-refractivity contribution in [1.82, 2.24) is 9.88 Å². The Bertz CT molecular complexity index is 1080. The first-order valence-electron chi connectivity index (χ1n) is 11.0. The Morgan fingerprint density at radius 1 is 1.19 bits per heavy atom. The summed E-state index contributed by atoms with van der Waals surface area (Å²) in [6, 6.07) is 9.39. The molecule has 1 amide bonds. The lowest BCUT2D eigenvalue weighted by atomic mass is 10.1. The maximum atomic E-state index is 13.9. The molecule has 170 valence electrons. The molecule has 1 aliphatic rings. The summed E-state index contributed by atoms with van der Waals surface area (Å²) in [5.41, 5.74) is 0.733. The fraction of sp³-hybridized carbons (Fsp3) is 0.417. The largest absolute Gasteiger partial charge is 0.494 e. The summed E-state index contributed by atoms with van der Waals surface area (Å²) >= 11 is 1.13. The van der Waals surface area contributed by atoms with Crippen LogP contribution in [-0.4, -0.2) is 41.6 Å². The monoisotopic (exact) mass is 460 g/mol. The molecule has 0 aliphatic carbocycles. The maximum Gasteiger partial charge on any atom is 0.274 e. The molecule has 0 unspecified atom stereocenters. The van der Waals surface area contributed by atoms with Crippen molar-refractivity contribution in [2.24, 2.45) is 0 Å². The SMILES string of the molecule is CCCCCOc1cccc(C(=O)N2CCC(Oc3nc4c(F)cc(F)cc4s3)CC2)c1. The van der Waals surface area contributed by atoms with Gasteiger partial charge in [0.1, 0.15) is 23.2 Å². The van der Waals surface area contributed by atoms with Gasteiger partial charge in [0, 0.05) is 37.6 Å². The average molecular weight is 461 g/mol. The molecule has 0 spiro atoms. The van der Waals surface area contributed by atoms with Crippen molar-refractivity contribution in [3.05, 3.63) is 53.6 Å². The molecule has 0 N–H and O–H groups in total. The number of carbonyl (C=O) groups is 1. The van der Waals surface area contributed by atoms with Crippen LogP contribution in [0.15, 0.2) is 36.4 Å². The van der Waals surface area contributed by atoms with Gasteiger partial charge in [0.05, 0.1) is 11.3 Å². The quantitative estimate of drug-likeness (QED) is 0.397. The highest BCUT2D eigenvalue weighted by Gasteiger charge is 2.26. The topological polar surface area (TPSA) is 51.7 Å². The minimum Gasteiger partial charge on any atom is -0.494 e. The summed E-state index contributed by atoms with van der Waals surface area (Å²) in [6.07, 6.45) is 4.42. The molecule has 1 aliphatic heterocycles. The molecule has 4 rings (SSSR count). The zero-order chi connectivity index (χ0) is 22.5. The predicted octanol–water partition coefficient (Wildman–Crippen LogP) is 5.83. The number of hydrogen-bond donors (Lipinski definition) is 0. The molecule has 3 aromatic rings. The van der Waals surface area contributed by atoms with Crippen LogP contribution in [0.2, 0.25) is 0 Å². The molecule has 2 heterocycles. The van der Waals surface area contributed by atoms with E-state index in [0.29, 0.717) is 53.7 Å². The van der Waals surface area contributed by atoms with Gasteiger partial charge in [0.25, 0.3) is 11.1 Å². The third kappa shape index (κ3) is 5.35. The van der Waals surface area contributed by atoms with E-state index in [1.165, 1.54) is 6.07 Å². The number of aromatic nitrogens is 1. The Balaban J connectivity index is 1.32. The van der Waals surface area contributed by atoms with Crippen molar-refractivity contribution < 1.29 is 23.0 Å². The van der Waals surface area contributed by atoms with Gasteiger partial charge in [-0.1, -0.05) is 37.2 Å². The zero-order valence-corrected chi connectivity index (χ0v) is 18.8. The van der Waals surface area contributed by atoms with Crippen LogP contribution in [0.25, 0.3) is 10.2 Å². The smallest absolute Gasteiger partial charge is 0.274 e. The van der Waals surface area contributed by atoms with Gasteiger partial charge >= 0.3 is 0 Å². The fourth-order valence-electron chi connectivity index (χ4n) is 3.75. The van der Waals surface area contributed by atoms with Gasteiger partial charge in [-0.05, 0) is 30.7 Å². The van der Waals surface area contributed by atoms with Gasteiger partial charge in [-0.15, -0.1) is 0 Å². The molecule has 0 bridgehead atoms. The maximum absolute atomic E-state index is 13.9. The van der Waals surface area contributed by atoms with Crippen LogP contribution in [0.3, 0.4) is 0 Å². The first-order valence-corrected chi connectivity index (χ1v) is 11.8.